The van der Waals surface area contributed by atoms with E-state index in [1.54, 1.807) is 6.07 Å². The molecule has 0 saturated carbocycles. The van der Waals surface area contributed by atoms with Crippen LogP contribution < -0.4 is 4.74 Å². The summed E-state index contributed by atoms with van der Waals surface area (Å²) in [7, 11) is 0. The maximum atomic E-state index is 13.8. The quantitative estimate of drug-likeness (QED) is 0.833. The minimum atomic E-state index is -1.28. The third-order valence-electron chi connectivity index (χ3n) is 2.50. The monoisotopic (exact) mass is 372 g/mol. The van der Waals surface area contributed by atoms with Gasteiger partial charge in [0.1, 0.15) is 18.2 Å². The van der Waals surface area contributed by atoms with Gasteiger partial charge < -0.3 is 9.84 Å². The maximum Gasteiger partial charge on any atom is 0.338 e. The summed E-state index contributed by atoms with van der Waals surface area (Å²) in [5.74, 6) is -1.42. The van der Waals surface area contributed by atoms with Crippen LogP contribution in [-0.2, 0) is 6.61 Å². The molecule has 0 bridgehead atoms. The van der Waals surface area contributed by atoms with Crippen molar-refractivity contribution < 1.29 is 19.0 Å². The van der Waals surface area contributed by atoms with E-state index in [0.29, 0.717) is 5.75 Å². The molecule has 5 heteroatoms. The van der Waals surface area contributed by atoms with Crippen molar-refractivity contribution in [3.8, 4) is 5.75 Å². The van der Waals surface area contributed by atoms with Crippen LogP contribution in [0.25, 0.3) is 0 Å². The van der Waals surface area contributed by atoms with Gasteiger partial charge in [0.2, 0.25) is 0 Å². The van der Waals surface area contributed by atoms with E-state index in [1.807, 2.05) is 18.2 Å². The van der Waals surface area contributed by atoms with Gasteiger partial charge in [-0.25, -0.2) is 9.18 Å². The number of ether oxygens (including phenoxy) is 1. The molecule has 0 aromatic heterocycles. The number of aromatic carboxylic acids is 1. The van der Waals surface area contributed by atoms with Crippen LogP contribution in [0.5, 0.6) is 5.75 Å². The van der Waals surface area contributed by atoms with Crippen LogP contribution in [0.3, 0.4) is 0 Å². The van der Waals surface area contributed by atoms with Gasteiger partial charge in [0.25, 0.3) is 0 Å². The lowest BCUT2D eigenvalue weighted by molar-refractivity contribution is 0.0691. The van der Waals surface area contributed by atoms with Crippen molar-refractivity contribution in [1.82, 2.24) is 0 Å². The number of carboxylic acid groups (broad SMARTS) is 1. The zero-order chi connectivity index (χ0) is 13.8. The molecule has 0 radical (unpaired) electrons. The molecule has 19 heavy (non-hydrogen) atoms. The molecule has 0 fully saturated rings. The number of rotatable bonds is 4. The molecule has 2 aromatic rings. The van der Waals surface area contributed by atoms with Gasteiger partial charge in [-0.05, 0) is 46.9 Å². The SMILES string of the molecule is O=C(O)c1cccc(COc2cccc(I)c2)c1F. The molecule has 0 spiro atoms. The molecule has 98 valence electrons. The fourth-order valence-corrected chi connectivity index (χ4v) is 2.09. The second-order valence-electron chi connectivity index (χ2n) is 3.83. The van der Waals surface area contributed by atoms with Crippen LogP contribution in [-0.4, -0.2) is 11.1 Å². The largest absolute Gasteiger partial charge is 0.489 e. The molecular weight excluding hydrogens is 362 g/mol. The molecule has 0 amide bonds. The Kier molecular flexibility index (Phi) is 4.36. The molecule has 3 nitrogen and oxygen atoms in total. The molecule has 2 aromatic carbocycles. The Morgan fingerprint density at radius 3 is 2.68 bits per heavy atom. The van der Waals surface area contributed by atoms with Crippen LogP contribution >= 0.6 is 22.6 Å². The molecule has 0 atom stereocenters. The van der Waals surface area contributed by atoms with Crippen LogP contribution in [0.15, 0.2) is 42.5 Å². The number of halogens is 2. The van der Waals surface area contributed by atoms with Crippen LogP contribution in [0.1, 0.15) is 15.9 Å². The molecule has 0 saturated heterocycles. The first-order chi connectivity index (χ1) is 9.08. The summed E-state index contributed by atoms with van der Waals surface area (Å²) in [6, 6.07) is 11.6. The second kappa shape index (κ2) is 6.01. The van der Waals surface area contributed by atoms with Gasteiger partial charge in [0.15, 0.2) is 0 Å². The number of carbonyl (C=O) groups is 1. The second-order valence-corrected chi connectivity index (χ2v) is 5.08. The summed E-state index contributed by atoms with van der Waals surface area (Å²) in [6.07, 6.45) is 0. The highest BCUT2D eigenvalue weighted by atomic mass is 127. The Hall–Kier alpha value is -1.63. The molecule has 0 aliphatic heterocycles. The van der Waals surface area contributed by atoms with Gasteiger partial charge in [-0.15, -0.1) is 0 Å². The minimum Gasteiger partial charge on any atom is -0.489 e. The fraction of sp³-hybridized carbons (Fsp3) is 0.0714. The Labute approximate surface area is 123 Å². The molecule has 0 aliphatic carbocycles. The van der Waals surface area contributed by atoms with E-state index < -0.39 is 11.8 Å². The Balaban J connectivity index is 2.16. The number of carboxylic acids is 1. The maximum absolute atomic E-state index is 13.8. The summed E-state index contributed by atoms with van der Waals surface area (Å²) in [5.41, 5.74) is -0.123. The number of benzene rings is 2. The first-order valence-corrected chi connectivity index (χ1v) is 6.55. The normalized spacial score (nSPS) is 10.2. The third kappa shape index (κ3) is 3.44. The van der Waals surface area contributed by atoms with E-state index in [-0.39, 0.29) is 17.7 Å². The van der Waals surface area contributed by atoms with Gasteiger partial charge in [0.05, 0.1) is 5.56 Å². The average Bonchev–Trinajstić information content (AvgIpc) is 2.37. The molecular formula is C14H10FIO3. The van der Waals surface area contributed by atoms with Gasteiger partial charge in [-0.1, -0.05) is 18.2 Å². The highest BCUT2D eigenvalue weighted by Crippen LogP contribution is 2.18. The van der Waals surface area contributed by atoms with Crippen LogP contribution in [0.2, 0.25) is 0 Å². The molecule has 0 aliphatic rings. The van der Waals surface area contributed by atoms with E-state index in [2.05, 4.69) is 22.6 Å². The van der Waals surface area contributed by atoms with Crippen LogP contribution in [0, 0.1) is 9.39 Å². The minimum absolute atomic E-state index is 0.00690. The number of hydrogen-bond donors (Lipinski definition) is 1. The van der Waals surface area contributed by atoms with Crippen molar-refractivity contribution in [2.45, 2.75) is 6.61 Å². The smallest absolute Gasteiger partial charge is 0.338 e. The van der Waals surface area contributed by atoms with Crippen molar-refractivity contribution in [3.63, 3.8) is 0 Å². The van der Waals surface area contributed by atoms with Gasteiger partial charge in [-0.2, -0.15) is 0 Å². The predicted molar refractivity (Wildman–Crippen MR) is 76.9 cm³/mol. The highest BCUT2D eigenvalue weighted by Gasteiger charge is 2.13. The van der Waals surface area contributed by atoms with Crippen molar-refractivity contribution in [3.05, 3.63) is 63.0 Å². The lowest BCUT2D eigenvalue weighted by Gasteiger charge is -2.08. The predicted octanol–water partition coefficient (Wildman–Crippen LogP) is 3.71. The average molecular weight is 372 g/mol. The third-order valence-corrected chi connectivity index (χ3v) is 3.17. The van der Waals surface area contributed by atoms with Crippen molar-refractivity contribution in [2.75, 3.05) is 0 Å². The molecule has 0 heterocycles. The highest BCUT2D eigenvalue weighted by molar-refractivity contribution is 14.1. The van der Waals surface area contributed by atoms with Gasteiger partial charge >= 0.3 is 5.97 Å². The zero-order valence-electron chi connectivity index (χ0n) is 9.77. The first kappa shape index (κ1) is 13.8. The Morgan fingerprint density at radius 1 is 1.26 bits per heavy atom. The lowest BCUT2D eigenvalue weighted by atomic mass is 10.1. The summed E-state index contributed by atoms with van der Waals surface area (Å²) >= 11 is 2.15. The Morgan fingerprint density at radius 2 is 2.00 bits per heavy atom. The van der Waals surface area contributed by atoms with E-state index in [4.69, 9.17) is 9.84 Å². The van der Waals surface area contributed by atoms with Crippen LogP contribution in [0.4, 0.5) is 4.39 Å². The van der Waals surface area contributed by atoms with Gasteiger partial charge in [-0.3, -0.25) is 0 Å². The summed E-state index contributed by atoms with van der Waals surface area (Å²) in [6.45, 7) is -0.00690. The van der Waals surface area contributed by atoms with E-state index in [0.717, 1.165) is 3.57 Å². The first-order valence-electron chi connectivity index (χ1n) is 5.47. The molecule has 2 rings (SSSR count). The summed E-state index contributed by atoms with van der Waals surface area (Å²) < 4.78 is 20.3. The fourth-order valence-electron chi connectivity index (χ4n) is 1.57. The zero-order valence-corrected chi connectivity index (χ0v) is 11.9. The van der Waals surface area contributed by atoms with Crippen molar-refractivity contribution in [2.24, 2.45) is 0 Å². The van der Waals surface area contributed by atoms with E-state index >= 15 is 0 Å². The van der Waals surface area contributed by atoms with Gasteiger partial charge in [0, 0.05) is 9.13 Å². The summed E-state index contributed by atoms with van der Waals surface area (Å²) in [5, 5.41) is 8.83. The Bertz CT molecular complexity index is 613. The summed E-state index contributed by atoms with van der Waals surface area (Å²) in [4.78, 5) is 10.8. The van der Waals surface area contributed by atoms with E-state index in [9.17, 15) is 9.18 Å². The van der Waals surface area contributed by atoms with Crippen molar-refractivity contribution in [1.29, 1.82) is 0 Å². The van der Waals surface area contributed by atoms with Crippen molar-refractivity contribution >= 4 is 28.6 Å². The van der Waals surface area contributed by atoms with E-state index in [1.165, 1.54) is 18.2 Å². The molecule has 1 N–H and O–H groups in total. The standard InChI is InChI=1S/C14H10FIO3/c15-13-9(3-1-6-12(13)14(17)18)8-19-11-5-2-4-10(16)7-11/h1-7H,8H2,(H,17,18). The molecule has 0 unspecified atom stereocenters. The topological polar surface area (TPSA) is 46.5 Å². The number of hydrogen-bond acceptors (Lipinski definition) is 2. The lowest BCUT2D eigenvalue weighted by Crippen LogP contribution is -2.06.